The summed E-state index contributed by atoms with van der Waals surface area (Å²) < 4.78 is 6.99. The second-order valence-electron chi connectivity index (χ2n) is 6.53. The van der Waals surface area contributed by atoms with E-state index < -0.39 is 5.97 Å². The van der Waals surface area contributed by atoms with Gasteiger partial charge in [0.25, 0.3) is 0 Å². The van der Waals surface area contributed by atoms with Gasteiger partial charge in [-0.25, -0.2) is 14.3 Å². The summed E-state index contributed by atoms with van der Waals surface area (Å²) in [6, 6.07) is 17.7. The molecule has 7 nitrogen and oxygen atoms in total. The van der Waals surface area contributed by atoms with E-state index in [1.54, 1.807) is 48.3 Å². The molecule has 0 atom stereocenters. The molecule has 0 fully saturated rings. The van der Waals surface area contributed by atoms with Crippen LogP contribution in [0.25, 0.3) is 5.69 Å². The molecule has 0 bridgehead atoms. The van der Waals surface area contributed by atoms with Crippen LogP contribution in [0.15, 0.2) is 66.9 Å². The molecule has 1 heterocycles. The van der Waals surface area contributed by atoms with Gasteiger partial charge in [0, 0.05) is 25.0 Å². The van der Waals surface area contributed by atoms with Gasteiger partial charge in [-0.15, -0.1) is 0 Å². The molecule has 0 aliphatic rings. The fourth-order valence-electron chi connectivity index (χ4n) is 2.52. The minimum atomic E-state index is -0.548. The Hall–Kier alpha value is -3.61. The van der Waals surface area contributed by atoms with E-state index in [2.05, 4.69) is 10.4 Å². The first-order valence-corrected chi connectivity index (χ1v) is 8.91. The molecule has 2 amide bonds. The van der Waals surface area contributed by atoms with Gasteiger partial charge in [0.05, 0.1) is 5.69 Å². The van der Waals surface area contributed by atoms with Gasteiger partial charge in [-0.2, -0.15) is 5.10 Å². The summed E-state index contributed by atoms with van der Waals surface area (Å²) in [7, 11) is 1.68. The highest BCUT2D eigenvalue weighted by Gasteiger charge is 2.15. The molecule has 2 aromatic carbocycles. The summed E-state index contributed by atoms with van der Waals surface area (Å²) in [4.78, 5) is 25.9. The number of rotatable bonds is 5. The van der Waals surface area contributed by atoms with E-state index in [4.69, 9.17) is 4.74 Å². The maximum absolute atomic E-state index is 12.3. The predicted molar refractivity (Wildman–Crippen MR) is 107 cm³/mol. The van der Waals surface area contributed by atoms with Crippen LogP contribution >= 0.6 is 0 Å². The topological polar surface area (TPSA) is 76.5 Å². The minimum Gasteiger partial charge on any atom is -0.422 e. The average molecular weight is 378 g/mol. The molecule has 144 valence electrons. The van der Waals surface area contributed by atoms with Crippen LogP contribution in [0.3, 0.4) is 0 Å². The predicted octanol–water partition coefficient (Wildman–Crippen LogP) is 3.65. The van der Waals surface area contributed by atoms with Crippen molar-refractivity contribution in [1.29, 1.82) is 0 Å². The molecule has 3 rings (SSSR count). The number of aromatic nitrogens is 2. The lowest BCUT2D eigenvalue weighted by atomic mass is 10.3. The van der Waals surface area contributed by atoms with Gasteiger partial charge in [-0.1, -0.05) is 18.2 Å². The molecule has 0 aliphatic carbocycles. The number of hydrogen-bond donors (Lipinski definition) is 1. The number of benzene rings is 2. The Kier molecular flexibility index (Phi) is 5.74. The molecular weight excluding hydrogens is 356 g/mol. The van der Waals surface area contributed by atoms with Crippen LogP contribution < -0.4 is 15.0 Å². The fourth-order valence-corrected chi connectivity index (χ4v) is 2.52. The van der Waals surface area contributed by atoms with Gasteiger partial charge in [-0.05, 0) is 56.3 Å². The van der Waals surface area contributed by atoms with Crippen LogP contribution in [0.2, 0.25) is 0 Å². The highest BCUT2D eigenvalue weighted by atomic mass is 16.5. The summed E-state index contributed by atoms with van der Waals surface area (Å²) in [6.45, 7) is 3.79. The number of carbonyl (C=O) groups excluding carboxylic acids is 2. The van der Waals surface area contributed by atoms with Crippen molar-refractivity contribution in [2.24, 2.45) is 0 Å². The number of esters is 1. The Labute approximate surface area is 163 Å². The number of anilines is 1. The van der Waals surface area contributed by atoms with Crippen molar-refractivity contribution >= 4 is 17.7 Å². The first kappa shape index (κ1) is 19.2. The van der Waals surface area contributed by atoms with E-state index in [1.165, 1.54) is 4.90 Å². The maximum Gasteiger partial charge on any atom is 0.364 e. The minimum absolute atomic E-state index is 0.0471. The summed E-state index contributed by atoms with van der Waals surface area (Å²) in [5, 5.41) is 7.07. The zero-order valence-electron chi connectivity index (χ0n) is 16.0. The highest BCUT2D eigenvalue weighted by Crippen LogP contribution is 2.20. The fraction of sp³-hybridized carbons (Fsp3) is 0.190. The van der Waals surface area contributed by atoms with Crippen LogP contribution in [0.5, 0.6) is 5.75 Å². The van der Waals surface area contributed by atoms with Crippen LogP contribution in [-0.4, -0.2) is 34.9 Å². The molecule has 0 saturated heterocycles. The van der Waals surface area contributed by atoms with Gasteiger partial charge in [0.15, 0.2) is 5.69 Å². The third-order valence-corrected chi connectivity index (χ3v) is 3.97. The number of amides is 2. The molecule has 7 heteroatoms. The third kappa shape index (κ3) is 4.56. The number of nitrogens with one attached hydrogen (secondary N) is 1. The Morgan fingerprint density at radius 3 is 2.36 bits per heavy atom. The molecule has 1 aromatic heterocycles. The smallest absolute Gasteiger partial charge is 0.364 e. The van der Waals surface area contributed by atoms with Gasteiger partial charge in [0.1, 0.15) is 5.75 Å². The number of urea groups is 1. The van der Waals surface area contributed by atoms with Crippen molar-refractivity contribution in [3.05, 3.63) is 72.6 Å². The second kappa shape index (κ2) is 8.39. The van der Waals surface area contributed by atoms with Crippen molar-refractivity contribution in [2.75, 3.05) is 11.9 Å². The molecule has 0 radical (unpaired) electrons. The van der Waals surface area contributed by atoms with Crippen molar-refractivity contribution in [3.63, 3.8) is 0 Å². The van der Waals surface area contributed by atoms with Crippen LogP contribution in [-0.2, 0) is 0 Å². The normalized spacial score (nSPS) is 10.6. The summed E-state index contributed by atoms with van der Waals surface area (Å²) >= 11 is 0. The Bertz CT molecular complexity index is 949. The number of nitrogens with zero attached hydrogens (tertiary/aromatic N) is 3. The Balaban J connectivity index is 1.65. The van der Waals surface area contributed by atoms with Crippen molar-refractivity contribution < 1.29 is 14.3 Å². The van der Waals surface area contributed by atoms with E-state index in [1.807, 2.05) is 44.2 Å². The zero-order chi connectivity index (χ0) is 20.1. The van der Waals surface area contributed by atoms with E-state index in [9.17, 15) is 9.59 Å². The number of ether oxygens (including phenoxy) is 1. The van der Waals surface area contributed by atoms with Gasteiger partial charge < -0.3 is 10.1 Å². The number of hydrogen-bond acceptors (Lipinski definition) is 4. The zero-order valence-corrected chi connectivity index (χ0v) is 16.0. The van der Waals surface area contributed by atoms with Crippen molar-refractivity contribution in [1.82, 2.24) is 15.1 Å². The summed E-state index contributed by atoms with van der Waals surface area (Å²) in [5.41, 5.74) is 1.75. The monoisotopic (exact) mass is 378 g/mol. The van der Waals surface area contributed by atoms with Crippen LogP contribution in [0.4, 0.5) is 10.5 Å². The lowest BCUT2D eigenvalue weighted by molar-refractivity contribution is 0.0728. The summed E-state index contributed by atoms with van der Waals surface area (Å²) in [5.74, 6) is -0.172. The first-order chi connectivity index (χ1) is 13.4. The van der Waals surface area contributed by atoms with Crippen molar-refractivity contribution in [2.45, 2.75) is 19.9 Å². The molecule has 1 N–H and O–H groups in total. The standard InChI is InChI=1S/C21H22N4O3/c1-15(2)22-21(27)24(3)16-9-11-18(12-10-16)28-20(26)19-13-14-25(23-19)17-7-5-4-6-8-17/h4-15H,1-3H3,(H,22,27). The lowest BCUT2D eigenvalue weighted by Gasteiger charge is -2.19. The summed E-state index contributed by atoms with van der Waals surface area (Å²) in [6.07, 6.45) is 1.71. The van der Waals surface area contributed by atoms with E-state index in [0.717, 1.165) is 5.69 Å². The van der Waals surface area contributed by atoms with E-state index in [-0.39, 0.29) is 17.8 Å². The number of para-hydroxylation sites is 1. The van der Waals surface area contributed by atoms with Crippen LogP contribution in [0, 0.1) is 0 Å². The molecule has 0 saturated carbocycles. The quantitative estimate of drug-likeness (QED) is 0.543. The lowest BCUT2D eigenvalue weighted by Crippen LogP contribution is -2.40. The van der Waals surface area contributed by atoms with Gasteiger partial charge >= 0.3 is 12.0 Å². The maximum atomic E-state index is 12.3. The Morgan fingerprint density at radius 1 is 1.04 bits per heavy atom. The van der Waals surface area contributed by atoms with Crippen LogP contribution in [0.1, 0.15) is 24.3 Å². The SMILES string of the molecule is CC(C)NC(=O)N(C)c1ccc(OC(=O)c2ccn(-c3ccccc3)n2)cc1. The van der Waals surface area contributed by atoms with E-state index >= 15 is 0 Å². The average Bonchev–Trinajstić information content (AvgIpc) is 3.18. The molecule has 0 unspecified atom stereocenters. The molecule has 3 aromatic rings. The van der Waals surface area contributed by atoms with Gasteiger partial charge in [-0.3, -0.25) is 4.90 Å². The van der Waals surface area contributed by atoms with Gasteiger partial charge in [0.2, 0.25) is 0 Å². The molecule has 28 heavy (non-hydrogen) atoms. The third-order valence-electron chi connectivity index (χ3n) is 3.97. The van der Waals surface area contributed by atoms with E-state index in [0.29, 0.717) is 11.4 Å². The second-order valence-corrected chi connectivity index (χ2v) is 6.53. The first-order valence-electron chi connectivity index (χ1n) is 8.91. The highest BCUT2D eigenvalue weighted by molar-refractivity contribution is 5.92. The molecule has 0 aliphatic heterocycles. The molecular formula is C21H22N4O3. The molecule has 0 spiro atoms. The largest absolute Gasteiger partial charge is 0.422 e. The van der Waals surface area contributed by atoms with Crippen molar-refractivity contribution in [3.8, 4) is 11.4 Å². The number of carbonyl (C=O) groups is 2. The Morgan fingerprint density at radius 2 is 1.71 bits per heavy atom.